The third-order valence-electron chi connectivity index (χ3n) is 3.27. The van der Waals surface area contributed by atoms with Crippen molar-refractivity contribution in [1.82, 2.24) is 14.8 Å². The van der Waals surface area contributed by atoms with E-state index in [2.05, 4.69) is 10.2 Å². The topological polar surface area (TPSA) is 120 Å². The maximum absolute atomic E-state index is 11.7. The Labute approximate surface area is 116 Å². The summed E-state index contributed by atoms with van der Waals surface area (Å²) in [6, 6.07) is 4.70. The lowest BCUT2D eigenvalue weighted by molar-refractivity contribution is 0.555. The van der Waals surface area contributed by atoms with E-state index in [0.29, 0.717) is 31.0 Å². The van der Waals surface area contributed by atoms with Crippen molar-refractivity contribution in [3.05, 3.63) is 30.4 Å². The summed E-state index contributed by atoms with van der Waals surface area (Å²) < 4.78 is 25.3. The van der Waals surface area contributed by atoms with Crippen LogP contribution in [0, 0.1) is 0 Å². The van der Waals surface area contributed by atoms with Gasteiger partial charge in [-0.05, 0) is 18.2 Å². The molecule has 8 nitrogen and oxygen atoms in total. The van der Waals surface area contributed by atoms with Crippen LogP contribution >= 0.6 is 0 Å². The molecule has 1 aliphatic heterocycles. The Balaban J connectivity index is 2.04. The number of nitrogens with two attached hydrogens (primary N) is 2. The molecule has 0 fully saturated rings. The number of primary sulfonamides is 1. The number of nitrogens with zero attached hydrogens (tertiary/aromatic N) is 4. The largest absolute Gasteiger partial charge is 0.399 e. The molecule has 0 radical (unpaired) electrons. The van der Waals surface area contributed by atoms with Gasteiger partial charge in [0.05, 0.1) is 12.2 Å². The van der Waals surface area contributed by atoms with E-state index >= 15 is 0 Å². The fourth-order valence-corrected chi connectivity index (χ4v) is 3.08. The van der Waals surface area contributed by atoms with Crippen molar-refractivity contribution >= 4 is 21.4 Å². The molecule has 0 spiro atoms. The molecule has 0 atom stereocenters. The molecule has 3 rings (SSSR count). The standard InChI is InChI=1S/C11H14N6O2S/c12-8-1-2-9(10(5-8)20(13,18)19)16-3-4-17-7-14-15-11(17)6-16/h1-2,5,7H,3-4,6,12H2,(H2,13,18,19). The molecule has 0 unspecified atom stereocenters. The molecule has 0 bridgehead atoms. The molecule has 9 heteroatoms. The first kappa shape index (κ1) is 12.9. The summed E-state index contributed by atoms with van der Waals surface area (Å²) in [5.41, 5.74) is 6.55. The van der Waals surface area contributed by atoms with Crippen LogP contribution in [0.5, 0.6) is 0 Å². The first-order chi connectivity index (χ1) is 9.45. The van der Waals surface area contributed by atoms with E-state index in [1.165, 1.54) is 6.07 Å². The van der Waals surface area contributed by atoms with E-state index in [1.54, 1.807) is 18.5 Å². The van der Waals surface area contributed by atoms with Crippen molar-refractivity contribution in [2.24, 2.45) is 5.14 Å². The average Bonchev–Trinajstić information content (AvgIpc) is 2.84. The highest BCUT2D eigenvalue weighted by Gasteiger charge is 2.23. The second kappa shape index (κ2) is 4.46. The molecule has 2 aromatic rings. The van der Waals surface area contributed by atoms with Crippen molar-refractivity contribution in [1.29, 1.82) is 0 Å². The van der Waals surface area contributed by atoms with Gasteiger partial charge < -0.3 is 15.2 Å². The summed E-state index contributed by atoms with van der Waals surface area (Å²) >= 11 is 0. The van der Waals surface area contributed by atoms with Crippen LogP contribution in [-0.4, -0.2) is 29.7 Å². The van der Waals surface area contributed by atoms with Crippen molar-refractivity contribution in [2.75, 3.05) is 17.2 Å². The molecule has 0 aliphatic carbocycles. The summed E-state index contributed by atoms with van der Waals surface area (Å²) in [5.74, 6) is 0.786. The molecule has 1 aliphatic rings. The molecule has 2 heterocycles. The second-order valence-corrected chi connectivity index (χ2v) is 6.16. The maximum Gasteiger partial charge on any atom is 0.240 e. The highest BCUT2D eigenvalue weighted by Crippen LogP contribution is 2.28. The molecule has 20 heavy (non-hydrogen) atoms. The number of nitrogen functional groups attached to an aromatic ring is 1. The highest BCUT2D eigenvalue weighted by molar-refractivity contribution is 7.89. The van der Waals surface area contributed by atoms with E-state index in [4.69, 9.17) is 10.9 Å². The average molecular weight is 294 g/mol. The Morgan fingerprint density at radius 1 is 1.25 bits per heavy atom. The summed E-state index contributed by atoms with van der Waals surface area (Å²) in [6.45, 7) is 1.82. The minimum Gasteiger partial charge on any atom is -0.399 e. The molecular weight excluding hydrogens is 280 g/mol. The minimum absolute atomic E-state index is 0.0328. The number of sulfonamides is 1. The Morgan fingerprint density at radius 2 is 2.05 bits per heavy atom. The van der Waals surface area contributed by atoms with Crippen LogP contribution in [0.25, 0.3) is 0 Å². The molecule has 4 N–H and O–H groups in total. The normalized spacial score (nSPS) is 15.2. The summed E-state index contributed by atoms with van der Waals surface area (Å²) in [4.78, 5) is 1.94. The van der Waals surface area contributed by atoms with E-state index in [9.17, 15) is 8.42 Å². The van der Waals surface area contributed by atoms with Crippen LogP contribution in [0.2, 0.25) is 0 Å². The highest BCUT2D eigenvalue weighted by atomic mass is 32.2. The van der Waals surface area contributed by atoms with Gasteiger partial charge in [-0.15, -0.1) is 10.2 Å². The SMILES string of the molecule is Nc1ccc(N2CCn3cnnc3C2)c(S(N)(=O)=O)c1. The van der Waals surface area contributed by atoms with Gasteiger partial charge in [0.25, 0.3) is 0 Å². The zero-order valence-corrected chi connectivity index (χ0v) is 11.4. The Kier molecular flexibility index (Phi) is 2.87. The Bertz CT molecular complexity index is 754. The van der Waals surface area contributed by atoms with Gasteiger partial charge in [0.15, 0.2) is 5.82 Å². The second-order valence-electron chi connectivity index (χ2n) is 4.63. The zero-order valence-electron chi connectivity index (χ0n) is 10.6. The van der Waals surface area contributed by atoms with E-state index < -0.39 is 10.0 Å². The summed E-state index contributed by atoms with van der Waals surface area (Å²) in [6.07, 6.45) is 1.66. The molecule has 0 saturated heterocycles. The van der Waals surface area contributed by atoms with Gasteiger partial charge in [-0.1, -0.05) is 0 Å². The fourth-order valence-electron chi connectivity index (χ4n) is 2.29. The number of benzene rings is 1. The van der Waals surface area contributed by atoms with E-state index in [0.717, 1.165) is 5.82 Å². The molecule has 0 saturated carbocycles. The van der Waals surface area contributed by atoms with Crippen LogP contribution in [0.15, 0.2) is 29.4 Å². The van der Waals surface area contributed by atoms with Gasteiger partial charge in [-0.3, -0.25) is 0 Å². The lowest BCUT2D eigenvalue weighted by Crippen LogP contribution is -2.34. The van der Waals surface area contributed by atoms with Crippen LogP contribution in [0.3, 0.4) is 0 Å². The van der Waals surface area contributed by atoms with Crippen LogP contribution in [0.4, 0.5) is 11.4 Å². The van der Waals surface area contributed by atoms with Crippen molar-refractivity contribution < 1.29 is 8.42 Å². The van der Waals surface area contributed by atoms with Crippen molar-refractivity contribution in [3.63, 3.8) is 0 Å². The van der Waals surface area contributed by atoms with Crippen LogP contribution in [0.1, 0.15) is 5.82 Å². The lowest BCUT2D eigenvalue weighted by Gasteiger charge is -2.30. The summed E-state index contributed by atoms with van der Waals surface area (Å²) in [5, 5.41) is 13.1. The molecule has 1 aromatic carbocycles. The lowest BCUT2D eigenvalue weighted by atomic mass is 10.2. The third kappa shape index (κ3) is 2.21. The predicted octanol–water partition coefficient (Wildman–Crippen LogP) is -0.472. The van der Waals surface area contributed by atoms with Gasteiger partial charge in [0.2, 0.25) is 10.0 Å². The molecule has 0 amide bonds. The quantitative estimate of drug-likeness (QED) is 0.722. The van der Waals surface area contributed by atoms with E-state index in [-0.39, 0.29) is 4.90 Å². The van der Waals surface area contributed by atoms with Crippen molar-refractivity contribution in [3.8, 4) is 0 Å². The van der Waals surface area contributed by atoms with Gasteiger partial charge in [0.1, 0.15) is 11.2 Å². The first-order valence-corrected chi connectivity index (χ1v) is 7.54. The molecular formula is C11H14N6O2S. The first-order valence-electron chi connectivity index (χ1n) is 5.99. The number of hydrogen-bond acceptors (Lipinski definition) is 6. The number of anilines is 2. The maximum atomic E-state index is 11.7. The minimum atomic E-state index is -3.83. The monoisotopic (exact) mass is 294 g/mol. The Morgan fingerprint density at radius 3 is 2.80 bits per heavy atom. The number of aromatic nitrogens is 3. The zero-order chi connectivity index (χ0) is 14.3. The number of rotatable bonds is 2. The van der Waals surface area contributed by atoms with Crippen molar-refractivity contribution in [2.45, 2.75) is 18.0 Å². The van der Waals surface area contributed by atoms with Gasteiger partial charge in [-0.2, -0.15) is 0 Å². The molecule has 1 aromatic heterocycles. The predicted molar refractivity (Wildman–Crippen MR) is 73.3 cm³/mol. The van der Waals surface area contributed by atoms with Gasteiger partial charge in [0, 0.05) is 18.8 Å². The van der Waals surface area contributed by atoms with Crippen LogP contribution < -0.4 is 15.8 Å². The fraction of sp³-hybridized carbons (Fsp3) is 0.273. The van der Waals surface area contributed by atoms with E-state index in [1.807, 2.05) is 9.47 Å². The summed E-state index contributed by atoms with van der Waals surface area (Å²) in [7, 11) is -3.83. The number of hydrogen-bond donors (Lipinski definition) is 2. The number of fused-ring (bicyclic) bond motifs is 1. The smallest absolute Gasteiger partial charge is 0.240 e. The molecule has 106 valence electrons. The third-order valence-corrected chi connectivity index (χ3v) is 4.21. The van der Waals surface area contributed by atoms with Gasteiger partial charge >= 0.3 is 0 Å². The van der Waals surface area contributed by atoms with Gasteiger partial charge in [-0.25, -0.2) is 13.6 Å². The van der Waals surface area contributed by atoms with Crippen LogP contribution in [-0.2, 0) is 23.1 Å². The Hall–Kier alpha value is -2.13.